The summed E-state index contributed by atoms with van der Waals surface area (Å²) in [6, 6.07) is 16.1. The molecular weight excluding hydrogens is 395 g/mol. The summed E-state index contributed by atoms with van der Waals surface area (Å²) in [5.74, 6) is 0.779. The maximum absolute atomic E-state index is 13.1. The fourth-order valence-corrected chi connectivity index (χ4v) is 3.98. The number of nitrogens with one attached hydrogen (secondary N) is 1. The molecule has 1 aliphatic rings. The lowest BCUT2D eigenvalue weighted by molar-refractivity contribution is 0.247. The van der Waals surface area contributed by atoms with E-state index in [9.17, 15) is 9.18 Å². The van der Waals surface area contributed by atoms with E-state index in [1.54, 1.807) is 6.07 Å². The van der Waals surface area contributed by atoms with E-state index in [1.807, 2.05) is 43.3 Å². The number of aromatic nitrogens is 4. The van der Waals surface area contributed by atoms with Crippen LogP contribution in [0.2, 0.25) is 0 Å². The Hall–Kier alpha value is -3.52. The smallest absolute Gasteiger partial charge is 0.274 e. The molecule has 7 nitrogen and oxygen atoms in total. The first kappa shape index (κ1) is 19.4. The first-order valence-corrected chi connectivity index (χ1v) is 10.3. The van der Waals surface area contributed by atoms with Gasteiger partial charge < -0.3 is 4.90 Å². The predicted octanol–water partition coefficient (Wildman–Crippen LogP) is 2.85. The lowest BCUT2D eigenvalue weighted by Gasteiger charge is -2.35. The molecule has 1 aliphatic heterocycles. The molecule has 8 heteroatoms. The number of aryl methyl sites for hydroxylation is 1. The molecule has 2 aromatic heterocycles. The number of hydrogen-bond acceptors (Lipinski definition) is 5. The Labute approximate surface area is 178 Å². The van der Waals surface area contributed by atoms with Crippen LogP contribution in [0.25, 0.3) is 17.2 Å². The molecule has 3 heterocycles. The van der Waals surface area contributed by atoms with Crippen molar-refractivity contribution in [2.75, 3.05) is 31.1 Å². The lowest BCUT2D eigenvalue weighted by Crippen LogP contribution is -2.46. The minimum absolute atomic E-state index is 0.170. The van der Waals surface area contributed by atoms with Crippen molar-refractivity contribution in [1.29, 1.82) is 0 Å². The van der Waals surface area contributed by atoms with E-state index in [-0.39, 0.29) is 11.4 Å². The van der Waals surface area contributed by atoms with E-state index in [4.69, 9.17) is 0 Å². The van der Waals surface area contributed by atoms with Gasteiger partial charge in [0, 0.05) is 50.0 Å². The van der Waals surface area contributed by atoms with E-state index in [0.717, 1.165) is 43.0 Å². The van der Waals surface area contributed by atoms with Crippen molar-refractivity contribution >= 4 is 11.5 Å². The number of rotatable bonds is 4. The molecule has 0 radical (unpaired) electrons. The van der Waals surface area contributed by atoms with Crippen molar-refractivity contribution in [3.05, 3.63) is 82.0 Å². The molecule has 1 N–H and O–H groups in total. The largest absolute Gasteiger partial charge is 0.369 e. The van der Waals surface area contributed by atoms with Crippen molar-refractivity contribution in [2.24, 2.45) is 0 Å². The number of hydrogen-bond donors (Lipinski definition) is 1. The highest BCUT2D eigenvalue weighted by molar-refractivity contribution is 5.57. The molecule has 0 spiro atoms. The molecule has 0 saturated carbocycles. The Kier molecular flexibility index (Phi) is 4.99. The average molecular weight is 418 g/mol. The summed E-state index contributed by atoms with van der Waals surface area (Å²) < 4.78 is 14.5. The van der Waals surface area contributed by atoms with Gasteiger partial charge in [0.2, 0.25) is 0 Å². The molecular formula is C23H23FN6O. The molecule has 0 atom stereocenters. The minimum Gasteiger partial charge on any atom is -0.369 e. The SMILES string of the molecule is Cc1cccc(-c2nc3nc(CN4CCN(c5ccc(F)cc5)CC4)cc(=O)n3[nH]2)c1. The van der Waals surface area contributed by atoms with Crippen molar-refractivity contribution in [3.8, 4) is 11.4 Å². The number of benzene rings is 2. The van der Waals surface area contributed by atoms with Gasteiger partial charge in [-0.1, -0.05) is 23.8 Å². The maximum atomic E-state index is 13.1. The van der Waals surface area contributed by atoms with Crippen molar-refractivity contribution in [2.45, 2.75) is 13.5 Å². The monoisotopic (exact) mass is 418 g/mol. The van der Waals surface area contributed by atoms with Crippen LogP contribution in [0.4, 0.5) is 10.1 Å². The van der Waals surface area contributed by atoms with E-state index < -0.39 is 0 Å². The van der Waals surface area contributed by atoms with Gasteiger partial charge in [0.15, 0.2) is 5.82 Å². The maximum Gasteiger partial charge on any atom is 0.274 e. The van der Waals surface area contributed by atoms with Crippen molar-refractivity contribution in [3.63, 3.8) is 0 Å². The number of fused-ring (bicyclic) bond motifs is 1. The van der Waals surface area contributed by atoms with Crippen LogP contribution in [0, 0.1) is 12.7 Å². The summed E-state index contributed by atoms with van der Waals surface area (Å²) in [7, 11) is 0. The number of H-pyrrole nitrogens is 1. The number of nitrogens with zero attached hydrogens (tertiary/aromatic N) is 5. The zero-order chi connectivity index (χ0) is 21.4. The fourth-order valence-electron chi connectivity index (χ4n) is 3.98. The number of aromatic amines is 1. The van der Waals surface area contributed by atoms with E-state index in [1.165, 1.54) is 16.6 Å². The van der Waals surface area contributed by atoms with Crippen LogP contribution < -0.4 is 10.5 Å². The third-order valence-corrected chi connectivity index (χ3v) is 5.62. The Bertz CT molecular complexity index is 1270. The molecule has 0 amide bonds. The van der Waals surface area contributed by atoms with Gasteiger partial charge in [-0.15, -0.1) is 0 Å². The first-order chi connectivity index (χ1) is 15.0. The van der Waals surface area contributed by atoms with E-state index in [0.29, 0.717) is 23.8 Å². The van der Waals surface area contributed by atoms with Gasteiger partial charge in [0.1, 0.15) is 5.82 Å². The van der Waals surface area contributed by atoms with E-state index in [2.05, 4.69) is 24.9 Å². The van der Waals surface area contributed by atoms with Gasteiger partial charge in [0.25, 0.3) is 11.3 Å². The van der Waals surface area contributed by atoms with E-state index >= 15 is 0 Å². The first-order valence-electron chi connectivity index (χ1n) is 10.3. The highest BCUT2D eigenvalue weighted by Gasteiger charge is 2.19. The zero-order valence-electron chi connectivity index (χ0n) is 17.3. The van der Waals surface area contributed by atoms with Gasteiger partial charge in [-0.3, -0.25) is 14.8 Å². The second kappa shape index (κ2) is 7.96. The molecule has 4 aromatic rings. The number of piperazine rings is 1. The normalized spacial score (nSPS) is 15.0. The van der Waals surface area contributed by atoms with Crippen LogP contribution >= 0.6 is 0 Å². The highest BCUT2D eigenvalue weighted by Crippen LogP contribution is 2.19. The van der Waals surface area contributed by atoms with Gasteiger partial charge >= 0.3 is 0 Å². The van der Waals surface area contributed by atoms with Crippen molar-refractivity contribution in [1.82, 2.24) is 24.5 Å². The summed E-state index contributed by atoms with van der Waals surface area (Å²) in [4.78, 5) is 26.3. The van der Waals surface area contributed by atoms with Gasteiger partial charge in [0.05, 0.1) is 5.69 Å². The van der Waals surface area contributed by atoms with Gasteiger partial charge in [-0.05, 0) is 37.3 Å². The average Bonchev–Trinajstić information content (AvgIpc) is 3.20. The van der Waals surface area contributed by atoms with Crippen LogP contribution in [0.1, 0.15) is 11.3 Å². The molecule has 2 aromatic carbocycles. The Morgan fingerprint density at radius 2 is 1.77 bits per heavy atom. The molecule has 5 rings (SSSR count). The molecule has 31 heavy (non-hydrogen) atoms. The van der Waals surface area contributed by atoms with Gasteiger partial charge in [-0.2, -0.15) is 9.50 Å². The standard InChI is InChI=1S/C23H23FN6O/c1-16-3-2-4-17(13-16)22-26-23-25-19(14-21(31)30(23)27-22)15-28-9-11-29(12-10-28)20-7-5-18(24)6-8-20/h2-8,13-14H,9-12,15H2,1H3,(H,25,26,27). The van der Waals surface area contributed by atoms with Crippen LogP contribution in [0.3, 0.4) is 0 Å². The topological polar surface area (TPSA) is 69.5 Å². The Morgan fingerprint density at radius 3 is 2.52 bits per heavy atom. The molecule has 158 valence electrons. The van der Waals surface area contributed by atoms with Gasteiger partial charge in [-0.25, -0.2) is 9.37 Å². The van der Waals surface area contributed by atoms with Crippen LogP contribution in [0.5, 0.6) is 0 Å². The third kappa shape index (κ3) is 4.06. The Balaban J connectivity index is 1.31. The minimum atomic E-state index is -0.223. The molecule has 1 saturated heterocycles. The fraction of sp³-hybridized carbons (Fsp3) is 0.261. The second-order valence-corrected chi connectivity index (χ2v) is 7.90. The molecule has 1 fully saturated rings. The summed E-state index contributed by atoms with van der Waals surface area (Å²) in [5, 5.41) is 3.05. The zero-order valence-corrected chi connectivity index (χ0v) is 17.3. The Morgan fingerprint density at radius 1 is 1.00 bits per heavy atom. The molecule has 0 bridgehead atoms. The quantitative estimate of drug-likeness (QED) is 0.552. The van der Waals surface area contributed by atoms with Crippen molar-refractivity contribution < 1.29 is 4.39 Å². The second-order valence-electron chi connectivity index (χ2n) is 7.90. The summed E-state index contributed by atoms with van der Waals surface area (Å²) >= 11 is 0. The number of anilines is 1. The summed E-state index contributed by atoms with van der Waals surface area (Å²) in [5.41, 5.74) is 3.61. The summed E-state index contributed by atoms with van der Waals surface area (Å²) in [6.45, 7) is 5.97. The number of halogens is 1. The van der Waals surface area contributed by atoms with Crippen LogP contribution in [-0.2, 0) is 6.54 Å². The predicted molar refractivity (Wildman–Crippen MR) is 118 cm³/mol. The van der Waals surface area contributed by atoms with Crippen LogP contribution in [-0.4, -0.2) is 50.7 Å². The highest BCUT2D eigenvalue weighted by atomic mass is 19.1. The van der Waals surface area contributed by atoms with Crippen LogP contribution in [0.15, 0.2) is 59.4 Å². The lowest BCUT2D eigenvalue weighted by atomic mass is 10.1. The third-order valence-electron chi connectivity index (χ3n) is 5.62. The molecule has 0 aliphatic carbocycles. The summed E-state index contributed by atoms with van der Waals surface area (Å²) in [6.07, 6.45) is 0. The molecule has 0 unspecified atom stereocenters.